The number of carboxylic acids is 1. The number of carbonyl (C=O) groups excluding carboxylic acids is 1. The van der Waals surface area contributed by atoms with Gasteiger partial charge in [-0.3, -0.25) is 14.5 Å². The van der Waals surface area contributed by atoms with E-state index in [1.165, 1.54) is 13.2 Å². The Morgan fingerprint density at radius 2 is 2.10 bits per heavy atom. The van der Waals surface area contributed by atoms with Crippen LogP contribution in [0.2, 0.25) is 5.02 Å². The van der Waals surface area contributed by atoms with E-state index < -0.39 is 5.97 Å². The number of nitrogens with zero attached hydrogens (tertiary/aromatic N) is 1. The molecule has 1 aliphatic heterocycles. The molecule has 1 aromatic carbocycles. The number of hydrogen-bond acceptors (Lipinski definition) is 6. The number of rotatable bonds is 10. The highest BCUT2D eigenvalue weighted by Gasteiger charge is 2.30. The average molecular weight is 442 g/mol. The van der Waals surface area contributed by atoms with Gasteiger partial charge >= 0.3 is 5.97 Å². The highest BCUT2D eigenvalue weighted by Crippen LogP contribution is 2.29. The summed E-state index contributed by atoms with van der Waals surface area (Å²) in [4.78, 5) is 25.8. The van der Waals surface area contributed by atoms with E-state index in [4.69, 9.17) is 31.9 Å². The van der Waals surface area contributed by atoms with Gasteiger partial charge in [-0.25, -0.2) is 0 Å². The second-order valence-electron chi connectivity index (χ2n) is 7.82. The molecule has 168 valence electrons. The molecule has 8 nitrogen and oxygen atoms in total. The lowest BCUT2D eigenvalue weighted by molar-refractivity contribution is -0.137. The summed E-state index contributed by atoms with van der Waals surface area (Å²) in [5.74, 6) is -0.305. The normalized spacial score (nSPS) is 20.5. The highest BCUT2D eigenvalue weighted by atomic mass is 35.5. The lowest BCUT2D eigenvalue weighted by Crippen LogP contribution is -2.51. The van der Waals surface area contributed by atoms with Crippen molar-refractivity contribution in [1.29, 1.82) is 0 Å². The molecule has 0 aromatic heterocycles. The zero-order valence-electron chi connectivity index (χ0n) is 17.8. The van der Waals surface area contributed by atoms with Crippen LogP contribution in [0.15, 0.2) is 12.1 Å². The van der Waals surface area contributed by atoms with Gasteiger partial charge in [0.25, 0.3) is 5.91 Å². The monoisotopic (exact) mass is 441 g/mol. The Kier molecular flexibility index (Phi) is 9.20. The summed E-state index contributed by atoms with van der Waals surface area (Å²) in [7, 11) is 3.15. The molecule has 30 heavy (non-hydrogen) atoms. The lowest BCUT2D eigenvalue weighted by atomic mass is 9.98. The Morgan fingerprint density at radius 3 is 2.73 bits per heavy atom. The summed E-state index contributed by atoms with van der Waals surface area (Å²) < 4.78 is 10.9. The van der Waals surface area contributed by atoms with Crippen LogP contribution in [0.25, 0.3) is 0 Å². The van der Waals surface area contributed by atoms with Crippen LogP contribution < -0.4 is 15.8 Å². The predicted octanol–water partition coefficient (Wildman–Crippen LogP) is 2.99. The first-order valence-electron chi connectivity index (χ1n) is 10.2. The minimum Gasteiger partial charge on any atom is -0.496 e. The number of halogens is 1. The molecule has 1 aliphatic rings. The number of nitrogens with two attached hydrogens (primary N) is 1. The van der Waals surface area contributed by atoms with Crippen molar-refractivity contribution in [3.63, 3.8) is 0 Å². The van der Waals surface area contributed by atoms with Crippen molar-refractivity contribution in [2.24, 2.45) is 5.92 Å². The molecule has 1 fully saturated rings. The molecule has 0 saturated carbocycles. The van der Waals surface area contributed by atoms with Crippen molar-refractivity contribution in [1.82, 2.24) is 10.2 Å². The first-order valence-corrected chi connectivity index (χ1v) is 10.5. The van der Waals surface area contributed by atoms with Crippen molar-refractivity contribution in [2.45, 2.75) is 51.3 Å². The number of anilines is 1. The Hall–Kier alpha value is -2.03. The van der Waals surface area contributed by atoms with Gasteiger partial charge in [-0.2, -0.15) is 0 Å². The number of nitrogens with one attached hydrogen (secondary N) is 1. The number of carbonyl (C=O) groups is 2. The largest absolute Gasteiger partial charge is 0.496 e. The number of aliphatic carboxylic acids is 1. The quantitative estimate of drug-likeness (QED) is 0.478. The van der Waals surface area contributed by atoms with E-state index in [2.05, 4.69) is 17.1 Å². The number of benzene rings is 1. The predicted molar refractivity (Wildman–Crippen MR) is 116 cm³/mol. The van der Waals surface area contributed by atoms with Crippen LogP contribution >= 0.6 is 11.6 Å². The zero-order valence-corrected chi connectivity index (χ0v) is 18.6. The number of ether oxygens (including phenoxy) is 2. The summed E-state index contributed by atoms with van der Waals surface area (Å²) in [5.41, 5.74) is 6.49. The van der Waals surface area contributed by atoms with Gasteiger partial charge in [0.05, 0.1) is 23.4 Å². The topological polar surface area (TPSA) is 114 Å². The van der Waals surface area contributed by atoms with E-state index in [-0.39, 0.29) is 24.6 Å². The number of likely N-dealkylation sites (tertiary alicyclic amines) is 1. The first kappa shape index (κ1) is 24.2. The third-order valence-electron chi connectivity index (χ3n) is 5.59. The van der Waals surface area contributed by atoms with Gasteiger partial charge < -0.3 is 25.6 Å². The van der Waals surface area contributed by atoms with E-state index in [1.54, 1.807) is 13.2 Å². The smallest absolute Gasteiger partial charge is 0.303 e. The van der Waals surface area contributed by atoms with Gasteiger partial charge in [-0.15, -0.1) is 0 Å². The second kappa shape index (κ2) is 11.4. The number of nitrogen functional groups attached to an aromatic ring is 1. The first-order chi connectivity index (χ1) is 14.2. The molecular formula is C21H32ClN3O5. The summed E-state index contributed by atoms with van der Waals surface area (Å²) in [6.45, 7) is 3.69. The Labute approximate surface area is 182 Å². The molecular weight excluding hydrogens is 410 g/mol. The van der Waals surface area contributed by atoms with Crippen molar-refractivity contribution >= 4 is 29.2 Å². The van der Waals surface area contributed by atoms with Gasteiger partial charge in [0, 0.05) is 45.1 Å². The maximum Gasteiger partial charge on any atom is 0.303 e. The van der Waals surface area contributed by atoms with Crippen molar-refractivity contribution in [3.05, 3.63) is 22.7 Å². The number of hydrogen-bond donors (Lipinski definition) is 3. The van der Waals surface area contributed by atoms with Gasteiger partial charge in [0.2, 0.25) is 0 Å². The summed E-state index contributed by atoms with van der Waals surface area (Å²) in [5, 5.41) is 12.2. The van der Waals surface area contributed by atoms with Crippen LogP contribution in [0, 0.1) is 5.92 Å². The molecule has 1 amide bonds. The number of methoxy groups -OCH3 is 2. The Balaban J connectivity index is 1.91. The molecule has 0 aliphatic carbocycles. The SMILES string of the molecule is COc1cc(N)c(Cl)cc1C(=O)N[C@@H]1CCN(CCC(C)CCC(=O)O)C(OC)C1. The van der Waals surface area contributed by atoms with E-state index >= 15 is 0 Å². The van der Waals surface area contributed by atoms with Crippen LogP contribution in [-0.2, 0) is 9.53 Å². The van der Waals surface area contributed by atoms with Crippen LogP contribution in [0.1, 0.15) is 49.4 Å². The van der Waals surface area contributed by atoms with E-state index in [9.17, 15) is 9.59 Å². The highest BCUT2D eigenvalue weighted by molar-refractivity contribution is 6.33. The minimum atomic E-state index is -0.757. The molecule has 4 N–H and O–H groups in total. The fourth-order valence-corrected chi connectivity index (χ4v) is 3.85. The summed E-state index contributed by atoms with van der Waals surface area (Å²) in [6, 6.07) is 3.03. The van der Waals surface area contributed by atoms with E-state index in [0.717, 1.165) is 25.9 Å². The molecule has 9 heteroatoms. The standard InChI is InChI=1S/C21H32ClN3O5/c1-13(4-5-20(26)27)6-8-25-9-7-14(10-19(25)30-3)24-21(28)15-11-16(22)17(23)12-18(15)29-2/h11-14,19H,4-10,23H2,1-3H3,(H,24,28)(H,26,27)/t13?,14-,19?/m1/s1. The second-order valence-corrected chi connectivity index (χ2v) is 8.23. The fourth-order valence-electron chi connectivity index (χ4n) is 3.69. The van der Waals surface area contributed by atoms with Crippen molar-refractivity contribution < 1.29 is 24.2 Å². The molecule has 1 aromatic rings. The average Bonchev–Trinajstić information content (AvgIpc) is 2.72. The van der Waals surface area contributed by atoms with Gasteiger partial charge in [-0.1, -0.05) is 18.5 Å². The zero-order chi connectivity index (χ0) is 22.3. The van der Waals surface area contributed by atoms with Crippen LogP contribution in [0.3, 0.4) is 0 Å². The summed E-state index contributed by atoms with van der Waals surface area (Å²) in [6.07, 6.45) is 3.13. The summed E-state index contributed by atoms with van der Waals surface area (Å²) >= 11 is 6.07. The third-order valence-corrected chi connectivity index (χ3v) is 5.92. The lowest BCUT2D eigenvalue weighted by Gasteiger charge is -2.39. The van der Waals surface area contributed by atoms with Crippen molar-refractivity contribution in [2.75, 3.05) is 33.0 Å². The van der Waals surface area contributed by atoms with Crippen LogP contribution in [0.5, 0.6) is 5.75 Å². The molecule has 1 heterocycles. The van der Waals surface area contributed by atoms with Gasteiger partial charge in [0.15, 0.2) is 0 Å². The molecule has 0 radical (unpaired) electrons. The Morgan fingerprint density at radius 1 is 1.37 bits per heavy atom. The molecule has 2 unspecified atom stereocenters. The van der Waals surface area contributed by atoms with Crippen molar-refractivity contribution in [3.8, 4) is 5.75 Å². The van der Waals surface area contributed by atoms with Crippen LogP contribution in [-0.4, -0.2) is 61.5 Å². The maximum atomic E-state index is 12.8. The fraction of sp³-hybridized carbons (Fsp3) is 0.619. The number of piperidine rings is 1. The third kappa shape index (κ3) is 6.75. The molecule has 1 saturated heterocycles. The van der Waals surface area contributed by atoms with E-state index in [0.29, 0.717) is 40.8 Å². The minimum absolute atomic E-state index is 0.0378. The molecule has 3 atom stereocenters. The van der Waals surface area contributed by atoms with Crippen LogP contribution in [0.4, 0.5) is 5.69 Å². The Bertz CT molecular complexity index is 746. The molecule has 0 bridgehead atoms. The molecule has 2 rings (SSSR count). The number of carboxylic acid groups (broad SMARTS) is 1. The molecule has 0 spiro atoms. The van der Waals surface area contributed by atoms with Gasteiger partial charge in [0.1, 0.15) is 12.0 Å². The van der Waals surface area contributed by atoms with Gasteiger partial charge in [-0.05, 0) is 31.2 Å². The van der Waals surface area contributed by atoms with E-state index in [1.807, 2.05) is 0 Å². The maximum absolute atomic E-state index is 12.8. The number of amides is 1.